The van der Waals surface area contributed by atoms with Crippen molar-refractivity contribution < 1.29 is 14.3 Å². The van der Waals surface area contributed by atoms with Gasteiger partial charge in [0.1, 0.15) is 17.2 Å². The summed E-state index contributed by atoms with van der Waals surface area (Å²) < 4.78 is 12.7. The van der Waals surface area contributed by atoms with Gasteiger partial charge in [-0.15, -0.1) is 0 Å². The number of aromatic nitrogens is 2. The fourth-order valence-electron chi connectivity index (χ4n) is 3.55. The normalized spacial score (nSPS) is 11.6. The van der Waals surface area contributed by atoms with Crippen LogP contribution < -0.4 is 14.8 Å². The minimum Gasteiger partial charge on any atom is -0.497 e. The Bertz CT molecular complexity index is 1200. The maximum atomic E-state index is 13.4. The average molecular weight is 428 g/mol. The van der Waals surface area contributed by atoms with E-state index >= 15 is 0 Å². The third-order valence-corrected chi connectivity index (χ3v) is 5.29. The molecular weight excluding hydrogens is 402 g/mol. The maximum absolute atomic E-state index is 13.4. The van der Waals surface area contributed by atoms with E-state index in [-0.39, 0.29) is 11.9 Å². The molecule has 0 bridgehead atoms. The van der Waals surface area contributed by atoms with Gasteiger partial charge < -0.3 is 14.8 Å². The van der Waals surface area contributed by atoms with Crippen molar-refractivity contribution in [2.24, 2.45) is 0 Å². The number of rotatable bonds is 7. The number of amides is 1. The number of hydrogen-bond acceptors (Lipinski definition) is 4. The standard InChI is InChI=1S/C26H25N3O3/c1-18(19-10-6-4-7-11-19)27-26(30)23-17-29(20-12-8-5-9-13-20)28-25(23)22-16-21(31-2)14-15-24(22)32-3/h4-18H,1-3H3,(H,27,30). The summed E-state index contributed by atoms with van der Waals surface area (Å²) in [7, 11) is 3.19. The van der Waals surface area contributed by atoms with E-state index in [9.17, 15) is 4.79 Å². The Morgan fingerprint density at radius 3 is 2.28 bits per heavy atom. The van der Waals surface area contributed by atoms with Crippen molar-refractivity contribution in [3.63, 3.8) is 0 Å². The second kappa shape index (κ2) is 9.39. The van der Waals surface area contributed by atoms with Gasteiger partial charge in [-0.05, 0) is 42.8 Å². The number of hydrogen-bond donors (Lipinski definition) is 1. The zero-order valence-corrected chi connectivity index (χ0v) is 18.3. The molecule has 1 amide bonds. The molecule has 0 aliphatic rings. The van der Waals surface area contributed by atoms with Gasteiger partial charge >= 0.3 is 0 Å². The molecule has 0 fully saturated rings. The van der Waals surface area contributed by atoms with Crippen LogP contribution in [0.3, 0.4) is 0 Å². The third-order valence-electron chi connectivity index (χ3n) is 5.29. The highest BCUT2D eigenvalue weighted by Gasteiger charge is 2.23. The van der Waals surface area contributed by atoms with Crippen molar-refractivity contribution in [3.8, 4) is 28.4 Å². The molecule has 0 saturated heterocycles. The number of benzene rings is 3. The molecule has 1 aromatic heterocycles. The minimum absolute atomic E-state index is 0.163. The SMILES string of the molecule is COc1ccc(OC)c(-c2nn(-c3ccccc3)cc2C(=O)NC(C)c2ccccc2)c1. The van der Waals surface area contributed by atoms with Gasteiger partial charge in [-0.3, -0.25) is 4.79 Å². The van der Waals surface area contributed by atoms with Gasteiger partial charge in [-0.1, -0.05) is 48.5 Å². The lowest BCUT2D eigenvalue weighted by atomic mass is 10.0. The summed E-state index contributed by atoms with van der Waals surface area (Å²) in [6.07, 6.45) is 1.75. The van der Waals surface area contributed by atoms with Gasteiger partial charge in [0.15, 0.2) is 0 Å². The highest BCUT2D eigenvalue weighted by molar-refractivity contribution is 6.00. The van der Waals surface area contributed by atoms with E-state index in [0.29, 0.717) is 28.3 Å². The lowest BCUT2D eigenvalue weighted by Gasteiger charge is -2.15. The summed E-state index contributed by atoms with van der Waals surface area (Å²) in [4.78, 5) is 13.4. The highest BCUT2D eigenvalue weighted by atomic mass is 16.5. The average Bonchev–Trinajstić information content (AvgIpc) is 3.30. The molecule has 0 radical (unpaired) electrons. The molecule has 3 aromatic carbocycles. The number of nitrogens with zero attached hydrogens (tertiary/aromatic N) is 2. The fourth-order valence-corrected chi connectivity index (χ4v) is 3.55. The molecule has 0 aliphatic carbocycles. The first kappa shape index (κ1) is 21.2. The van der Waals surface area contributed by atoms with Gasteiger partial charge in [-0.25, -0.2) is 4.68 Å². The van der Waals surface area contributed by atoms with Gasteiger partial charge in [0.05, 0.1) is 31.5 Å². The Balaban J connectivity index is 1.79. The van der Waals surface area contributed by atoms with E-state index in [1.54, 1.807) is 25.1 Å². The summed E-state index contributed by atoms with van der Waals surface area (Å²) in [5.41, 5.74) is 3.52. The third kappa shape index (κ3) is 4.34. The van der Waals surface area contributed by atoms with Crippen LogP contribution >= 0.6 is 0 Å². The first-order valence-electron chi connectivity index (χ1n) is 10.3. The highest BCUT2D eigenvalue weighted by Crippen LogP contribution is 2.35. The summed E-state index contributed by atoms with van der Waals surface area (Å²) >= 11 is 0. The lowest BCUT2D eigenvalue weighted by Crippen LogP contribution is -2.26. The number of nitrogens with one attached hydrogen (secondary N) is 1. The van der Waals surface area contributed by atoms with E-state index in [1.165, 1.54) is 0 Å². The number of carbonyl (C=O) groups excluding carboxylic acids is 1. The molecule has 0 saturated carbocycles. The largest absolute Gasteiger partial charge is 0.497 e. The van der Waals surface area contributed by atoms with Crippen molar-refractivity contribution in [1.82, 2.24) is 15.1 Å². The second-order valence-electron chi connectivity index (χ2n) is 7.34. The molecule has 0 spiro atoms. The molecule has 32 heavy (non-hydrogen) atoms. The molecule has 162 valence electrons. The van der Waals surface area contributed by atoms with Crippen molar-refractivity contribution in [2.75, 3.05) is 14.2 Å². The van der Waals surface area contributed by atoms with E-state index in [0.717, 1.165) is 11.3 Å². The zero-order chi connectivity index (χ0) is 22.5. The lowest BCUT2D eigenvalue weighted by molar-refractivity contribution is 0.0940. The van der Waals surface area contributed by atoms with E-state index in [4.69, 9.17) is 14.6 Å². The number of ether oxygens (including phenoxy) is 2. The van der Waals surface area contributed by atoms with Crippen LogP contribution in [0.25, 0.3) is 16.9 Å². The molecule has 4 aromatic rings. The first-order valence-corrected chi connectivity index (χ1v) is 10.3. The number of carbonyl (C=O) groups is 1. The minimum atomic E-state index is -0.219. The molecular formula is C26H25N3O3. The number of para-hydroxylation sites is 1. The molecule has 4 rings (SSSR count). The predicted molar refractivity (Wildman–Crippen MR) is 124 cm³/mol. The van der Waals surface area contributed by atoms with Crippen molar-refractivity contribution in [1.29, 1.82) is 0 Å². The van der Waals surface area contributed by atoms with Crippen LogP contribution in [0.1, 0.15) is 28.9 Å². The van der Waals surface area contributed by atoms with Gasteiger partial charge in [0.25, 0.3) is 5.91 Å². The first-order chi connectivity index (χ1) is 15.6. The predicted octanol–water partition coefficient (Wildman–Crippen LogP) is 5.05. The van der Waals surface area contributed by atoms with E-state index in [2.05, 4.69) is 5.32 Å². The Morgan fingerprint density at radius 1 is 0.938 bits per heavy atom. The van der Waals surface area contributed by atoms with Crippen molar-refractivity contribution in [2.45, 2.75) is 13.0 Å². The van der Waals surface area contributed by atoms with E-state index in [1.807, 2.05) is 85.8 Å². The summed E-state index contributed by atoms with van der Waals surface area (Å²) in [6.45, 7) is 1.96. The molecule has 1 atom stereocenters. The molecule has 0 aliphatic heterocycles. The van der Waals surface area contributed by atoms with Crippen LogP contribution in [0.5, 0.6) is 11.5 Å². The molecule has 1 N–H and O–H groups in total. The second-order valence-corrected chi connectivity index (χ2v) is 7.34. The van der Waals surface area contributed by atoms with Gasteiger partial charge in [0.2, 0.25) is 0 Å². The van der Waals surface area contributed by atoms with Crippen LogP contribution in [0.4, 0.5) is 0 Å². The Labute approximate surface area is 187 Å². The Kier molecular flexibility index (Phi) is 6.22. The van der Waals surface area contributed by atoms with Crippen LogP contribution in [0, 0.1) is 0 Å². The Hall–Kier alpha value is -4.06. The quantitative estimate of drug-likeness (QED) is 0.448. The molecule has 1 heterocycles. The summed E-state index contributed by atoms with van der Waals surface area (Å²) in [6, 6.07) is 24.8. The van der Waals surface area contributed by atoms with Crippen molar-refractivity contribution >= 4 is 5.91 Å². The topological polar surface area (TPSA) is 65.4 Å². The fraction of sp³-hybridized carbons (Fsp3) is 0.154. The van der Waals surface area contributed by atoms with Crippen LogP contribution in [0.15, 0.2) is 85.1 Å². The van der Waals surface area contributed by atoms with Gasteiger partial charge in [0, 0.05) is 11.8 Å². The van der Waals surface area contributed by atoms with Crippen LogP contribution in [0.2, 0.25) is 0 Å². The monoisotopic (exact) mass is 427 g/mol. The summed E-state index contributed by atoms with van der Waals surface area (Å²) in [5.74, 6) is 1.04. The molecule has 6 nitrogen and oxygen atoms in total. The van der Waals surface area contributed by atoms with Crippen molar-refractivity contribution in [3.05, 3.63) is 96.2 Å². The molecule has 1 unspecified atom stereocenters. The molecule has 6 heteroatoms. The maximum Gasteiger partial charge on any atom is 0.255 e. The zero-order valence-electron chi connectivity index (χ0n) is 18.3. The smallest absolute Gasteiger partial charge is 0.255 e. The number of methoxy groups -OCH3 is 2. The van der Waals surface area contributed by atoms with E-state index < -0.39 is 0 Å². The Morgan fingerprint density at radius 2 is 1.62 bits per heavy atom. The van der Waals surface area contributed by atoms with Gasteiger partial charge in [-0.2, -0.15) is 5.10 Å². The van der Waals surface area contributed by atoms with Crippen LogP contribution in [-0.4, -0.2) is 29.9 Å². The van der Waals surface area contributed by atoms with Crippen LogP contribution in [-0.2, 0) is 0 Å². The summed E-state index contributed by atoms with van der Waals surface area (Å²) in [5, 5.41) is 7.85.